The second-order valence-corrected chi connectivity index (χ2v) is 7.32. The quantitative estimate of drug-likeness (QED) is 0.511. The van der Waals surface area contributed by atoms with Crippen LogP contribution in [-0.2, 0) is 17.2 Å². The van der Waals surface area contributed by atoms with Gasteiger partial charge in [-0.25, -0.2) is 0 Å². The molecule has 0 spiro atoms. The standard InChI is InChI=1S/C20H20N2O2S/c1-3-5-16-19-15(18(23)12-21)6-4-7-17(19)22-20(16)13-8-10-14(11-9-13)25(2)24/h4,6-12,21-22H,3,5H2,1-2H3. The van der Waals surface area contributed by atoms with Crippen LogP contribution in [0, 0.1) is 5.41 Å². The highest BCUT2D eigenvalue weighted by molar-refractivity contribution is 7.84. The Labute approximate surface area is 149 Å². The Balaban J connectivity index is 2.24. The summed E-state index contributed by atoms with van der Waals surface area (Å²) in [6, 6.07) is 13.2. The molecule has 0 aliphatic carbocycles. The monoisotopic (exact) mass is 352 g/mol. The van der Waals surface area contributed by atoms with Gasteiger partial charge in [0.2, 0.25) is 5.78 Å². The Kier molecular flexibility index (Phi) is 4.95. The summed E-state index contributed by atoms with van der Waals surface area (Å²) < 4.78 is 11.6. The zero-order valence-corrected chi connectivity index (χ0v) is 15.1. The van der Waals surface area contributed by atoms with Crippen LogP contribution in [0.25, 0.3) is 22.2 Å². The number of hydrogen-bond acceptors (Lipinski definition) is 3. The molecule has 0 aliphatic heterocycles. The first-order valence-electron chi connectivity index (χ1n) is 8.19. The number of carbonyl (C=O) groups is 1. The molecular weight excluding hydrogens is 332 g/mol. The van der Waals surface area contributed by atoms with Gasteiger partial charge >= 0.3 is 0 Å². The van der Waals surface area contributed by atoms with E-state index >= 15 is 0 Å². The highest BCUT2D eigenvalue weighted by Gasteiger charge is 2.18. The van der Waals surface area contributed by atoms with Gasteiger partial charge in [-0.1, -0.05) is 37.6 Å². The molecule has 25 heavy (non-hydrogen) atoms. The molecule has 0 bridgehead atoms. The Morgan fingerprint density at radius 1 is 1.20 bits per heavy atom. The van der Waals surface area contributed by atoms with E-state index < -0.39 is 10.8 Å². The maximum absolute atomic E-state index is 12.2. The number of aryl methyl sites for hydroxylation is 1. The fourth-order valence-corrected chi connectivity index (χ4v) is 3.68. The molecule has 1 atom stereocenters. The highest BCUT2D eigenvalue weighted by atomic mass is 32.2. The lowest BCUT2D eigenvalue weighted by Crippen LogP contribution is -2.01. The molecule has 4 nitrogen and oxygen atoms in total. The van der Waals surface area contributed by atoms with E-state index in [1.54, 1.807) is 12.3 Å². The Bertz CT molecular complexity index is 971. The topological polar surface area (TPSA) is 73.8 Å². The van der Waals surface area contributed by atoms with Crippen LogP contribution < -0.4 is 0 Å². The fraction of sp³-hybridized carbons (Fsp3) is 0.200. The average molecular weight is 352 g/mol. The van der Waals surface area contributed by atoms with Crippen molar-refractivity contribution in [2.24, 2.45) is 0 Å². The molecule has 0 fully saturated rings. The Morgan fingerprint density at radius 3 is 2.52 bits per heavy atom. The lowest BCUT2D eigenvalue weighted by Gasteiger charge is -2.06. The Hall–Kier alpha value is -2.53. The first-order chi connectivity index (χ1) is 12.1. The number of H-pyrrole nitrogens is 1. The summed E-state index contributed by atoms with van der Waals surface area (Å²) in [4.78, 5) is 16.4. The van der Waals surface area contributed by atoms with Crippen molar-refractivity contribution in [3.8, 4) is 11.3 Å². The highest BCUT2D eigenvalue weighted by Crippen LogP contribution is 2.34. The molecule has 1 aromatic heterocycles. The van der Waals surface area contributed by atoms with E-state index in [9.17, 15) is 9.00 Å². The molecule has 0 amide bonds. The van der Waals surface area contributed by atoms with Crippen molar-refractivity contribution in [3.63, 3.8) is 0 Å². The lowest BCUT2D eigenvalue weighted by molar-refractivity contribution is 0.107. The molecule has 3 rings (SSSR count). The van der Waals surface area contributed by atoms with Gasteiger partial charge in [0.1, 0.15) is 0 Å². The van der Waals surface area contributed by atoms with Crippen molar-refractivity contribution in [2.75, 3.05) is 6.26 Å². The van der Waals surface area contributed by atoms with E-state index in [0.717, 1.165) is 51.7 Å². The van der Waals surface area contributed by atoms with Crippen LogP contribution in [0.3, 0.4) is 0 Å². The number of benzene rings is 2. The number of hydrogen-bond donors (Lipinski definition) is 2. The van der Waals surface area contributed by atoms with Gasteiger partial charge in [0.25, 0.3) is 0 Å². The summed E-state index contributed by atoms with van der Waals surface area (Å²) in [6.07, 6.45) is 4.31. The van der Waals surface area contributed by atoms with Crippen molar-refractivity contribution in [3.05, 3.63) is 53.6 Å². The third kappa shape index (κ3) is 3.20. The third-order valence-electron chi connectivity index (χ3n) is 4.30. The molecule has 128 valence electrons. The maximum Gasteiger partial charge on any atom is 0.203 e. The van der Waals surface area contributed by atoms with Gasteiger partial charge in [-0.2, -0.15) is 0 Å². The number of carbonyl (C=O) groups excluding carboxylic acids is 1. The second kappa shape index (κ2) is 7.15. The van der Waals surface area contributed by atoms with Crippen LogP contribution in [-0.4, -0.2) is 27.4 Å². The first kappa shape index (κ1) is 17.3. The first-order valence-corrected chi connectivity index (χ1v) is 9.74. The SMILES string of the molecule is CCCc1c(-c2ccc(S(C)=O)cc2)[nH]c2cccc(C(=O)C=N)c12. The zero-order chi connectivity index (χ0) is 18.0. The molecule has 0 saturated heterocycles. The predicted molar refractivity (Wildman–Crippen MR) is 103 cm³/mol. The summed E-state index contributed by atoms with van der Waals surface area (Å²) in [5.41, 5.74) is 4.53. The molecule has 0 saturated carbocycles. The molecule has 2 N–H and O–H groups in total. The van der Waals surface area contributed by atoms with E-state index in [4.69, 9.17) is 5.41 Å². The summed E-state index contributed by atoms with van der Waals surface area (Å²) >= 11 is 0. The van der Waals surface area contributed by atoms with Gasteiger partial charge in [0.15, 0.2) is 0 Å². The van der Waals surface area contributed by atoms with Crippen molar-refractivity contribution in [2.45, 2.75) is 24.7 Å². The summed E-state index contributed by atoms with van der Waals surface area (Å²) in [6.45, 7) is 2.10. The van der Waals surface area contributed by atoms with Crippen molar-refractivity contribution in [1.82, 2.24) is 4.98 Å². The molecule has 1 heterocycles. The largest absolute Gasteiger partial charge is 0.354 e. The number of rotatable bonds is 6. The van der Waals surface area contributed by atoms with Crippen LogP contribution in [0.5, 0.6) is 0 Å². The van der Waals surface area contributed by atoms with E-state index in [1.807, 2.05) is 36.4 Å². The van der Waals surface area contributed by atoms with Crippen LogP contribution in [0.1, 0.15) is 29.3 Å². The van der Waals surface area contributed by atoms with Crippen LogP contribution in [0.2, 0.25) is 0 Å². The predicted octanol–water partition coefficient (Wildman–Crippen LogP) is 4.36. The van der Waals surface area contributed by atoms with E-state index in [1.165, 1.54) is 0 Å². The minimum Gasteiger partial charge on any atom is -0.354 e. The molecule has 0 radical (unpaired) electrons. The normalized spacial score (nSPS) is 12.2. The number of Topliss-reactive ketones (excluding diaryl/α,β-unsaturated/α-hetero) is 1. The van der Waals surface area contributed by atoms with Crippen LogP contribution >= 0.6 is 0 Å². The summed E-state index contributed by atoms with van der Waals surface area (Å²) in [5.74, 6) is -0.287. The molecule has 2 aromatic carbocycles. The number of fused-ring (bicyclic) bond motifs is 1. The third-order valence-corrected chi connectivity index (χ3v) is 5.24. The average Bonchev–Trinajstić information content (AvgIpc) is 3.00. The zero-order valence-electron chi connectivity index (χ0n) is 14.3. The molecule has 0 aliphatic rings. The van der Waals surface area contributed by atoms with Gasteiger partial charge < -0.3 is 10.4 Å². The van der Waals surface area contributed by atoms with Gasteiger partial charge in [-0.05, 0) is 35.7 Å². The van der Waals surface area contributed by atoms with E-state index in [2.05, 4.69) is 11.9 Å². The van der Waals surface area contributed by atoms with E-state index in [-0.39, 0.29) is 5.78 Å². The number of aromatic amines is 1. The summed E-state index contributed by atoms with van der Waals surface area (Å²) in [7, 11) is -1.01. The van der Waals surface area contributed by atoms with Gasteiger partial charge in [-0.15, -0.1) is 0 Å². The lowest BCUT2D eigenvalue weighted by atomic mass is 9.97. The fourth-order valence-electron chi connectivity index (χ4n) is 3.16. The molecule has 5 heteroatoms. The van der Waals surface area contributed by atoms with Crippen molar-refractivity contribution < 1.29 is 9.00 Å². The summed E-state index contributed by atoms with van der Waals surface area (Å²) in [5, 5.41) is 8.21. The molecule has 3 aromatic rings. The van der Waals surface area contributed by atoms with Gasteiger partial charge in [-0.3, -0.25) is 9.00 Å². The second-order valence-electron chi connectivity index (χ2n) is 5.94. The number of ketones is 1. The molecular formula is C20H20N2O2S. The van der Waals surface area contributed by atoms with Gasteiger partial charge in [0.05, 0.1) is 6.21 Å². The smallest absolute Gasteiger partial charge is 0.203 e. The van der Waals surface area contributed by atoms with Crippen molar-refractivity contribution in [1.29, 1.82) is 5.41 Å². The van der Waals surface area contributed by atoms with Gasteiger partial charge in [0, 0.05) is 44.1 Å². The van der Waals surface area contributed by atoms with Crippen molar-refractivity contribution >= 4 is 33.7 Å². The Morgan fingerprint density at radius 2 is 1.92 bits per heavy atom. The maximum atomic E-state index is 12.2. The minimum absolute atomic E-state index is 0.287. The number of aromatic nitrogens is 1. The number of nitrogens with one attached hydrogen (secondary N) is 2. The van der Waals surface area contributed by atoms with Crippen LogP contribution in [0.15, 0.2) is 47.4 Å². The van der Waals surface area contributed by atoms with Crippen LogP contribution in [0.4, 0.5) is 0 Å². The minimum atomic E-state index is -1.01. The molecule has 1 unspecified atom stereocenters. The van der Waals surface area contributed by atoms with E-state index in [0.29, 0.717) is 5.56 Å².